The van der Waals surface area contributed by atoms with Gasteiger partial charge in [0.25, 0.3) is 5.56 Å². The first-order valence-corrected chi connectivity index (χ1v) is 9.80. The number of halogens is 1. The van der Waals surface area contributed by atoms with Gasteiger partial charge >= 0.3 is 5.69 Å². The number of methoxy groups -OCH3 is 1. The number of nitrogens with zero attached hydrogens (tertiary/aromatic N) is 3. The van der Waals surface area contributed by atoms with Crippen LogP contribution in [-0.2, 0) is 0 Å². The Kier molecular flexibility index (Phi) is 5.04. The van der Waals surface area contributed by atoms with Gasteiger partial charge in [-0.15, -0.1) is 0 Å². The molecule has 1 saturated carbocycles. The van der Waals surface area contributed by atoms with Gasteiger partial charge in [-0.1, -0.05) is 0 Å². The molecule has 1 aliphatic heterocycles. The molecule has 1 aromatic heterocycles. The summed E-state index contributed by atoms with van der Waals surface area (Å²) >= 11 is 0. The molecule has 2 unspecified atom stereocenters. The molecular formula is C20H24FN5O3. The maximum atomic E-state index is 15.2. The molecule has 2 fully saturated rings. The highest BCUT2D eigenvalue weighted by Gasteiger charge is 2.35. The molecule has 2 aromatic rings. The molecule has 4 rings (SSSR count). The molecule has 2 N–H and O–H groups in total. The van der Waals surface area contributed by atoms with Crippen LogP contribution >= 0.6 is 0 Å². The van der Waals surface area contributed by atoms with E-state index in [1.165, 1.54) is 17.7 Å². The van der Waals surface area contributed by atoms with E-state index in [1.54, 1.807) is 0 Å². The van der Waals surface area contributed by atoms with Gasteiger partial charge in [0.1, 0.15) is 11.2 Å². The van der Waals surface area contributed by atoms with Crippen LogP contribution in [-0.4, -0.2) is 49.4 Å². The van der Waals surface area contributed by atoms with Crippen LogP contribution in [0.15, 0.2) is 15.7 Å². The number of hydrogen-bond acceptors (Lipinski definition) is 5. The Balaban J connectivity index is 1.85. The lowest BCUT2D eigenvalue weighted by Gasteiger charge is -2.25. The third-order valence-electron chi connectivity index (χ3n) is 5.99. The molecule has 0 bridgehead atoms. The van der Waals surface area contributed by atoms with Gasteiger partial charge in [-0.3, -0.25) is 14.3 Å². The van der Waals surface area contributed by atoms with Gasteiger partial charge in [0.05, 0.1) is 18.5 Å². The highest BCUT2D eigenvalue weighted by Crippen LogP contribution is 2.43. The number of H-pyrrole nitrogens is 1. The van der Waals surface area contributed by atoms with Gasteiger partial charge < -0.3 is 19.8 Å². The first-order chi connectivity index (χ1) is 14.0. The van der Waals surface area contributed by atoms with E-state index in [0.717, 1.165) is 19.3 Å². The van der Waals surface area contributed by atoms with E-state index in [4.69, 9.17) is 11.3 Å². The van der Waals surface area contributed by atoms with Crippen LogP contribution in [0, 0.1) is 18.3 Å². The summed E-state index contributed by atoms with van der Waals surface area (Å²) in [5.41, 5.74) is -0.473. The van der Waals surface area contributed by atoms with Gasteiger partial charge in [-0.05, 0) is 32.4 Å². The molecule has 9 heteroatoms. The number of nitrogens with one attached hydrogen (secondary N) is 2. The van der Waals surface area contributed by atoms with Crippen molar-refractivity contribution in [2.24, 2.45) is 5.92 Å². The minimum absolute atomic E-state index is 0.00674. The summed E-state index contributed by atoms with van der Waals surface area (Å²) in [5, 5.41) is 3.30. The second-order valence-corrected chi connectivity index (χ2v) is 7.73. The summed E-state index contributed by atoms with van der Waals surface area (Å²) in [4.78, 5) is 32.5. The Morgan fingerprint density at radius 3 is 2.79 bits per heavy atom. The molecule has 1 aliphatic carbocycles. The lowest BCUT2D eigenvalue weighted by molar-refractivity contribution is 0.410. The third kappa shape index (κ3) is 3.27. The van der Waals surface area contributed by atoms with Crippen molar-refractivity contribution in [1.82, 2.24) is 14.9 Å². The summed E-state index contributed by atoms with van der Waals surface area (Å²) in [7, 11) is 3.26. The van der Waals surface area contributed by atoms with Crippen LogP contribution in [0.2, 0.25) is 0 Å². The lowest BCUT2D eigenvalue weighted by Crippen LogP contribution is -2.37. The average Bonchev–Trinajstić information content (AvgIpc) is 3.42. The van der Waals surface area contributed by atoms with E-state index in [9.17, 15) is 9.59 Å². The standard InChI is InChI=1S/C20H24FN5O3/c1-22-9-15(23-2)11-6-7-25(10-11)17-14(21)8-13-16(18(17)29-3)26(12-4-5-12)20(28)24-19(13)27/h8,11-12,15,23H,4-7,9-10H2,2-3H3,(H,24,27,28). The second-order valence-electron chi connectivity index (χ2n) is 7.73. The van der Waals surface area contributed by atoms with E-state index >= 15 is 4.39 Å². The Hall–Kier alpha value is -2.86. The fourth-order valence-electron chi connectivity index (χ4n) is 4.41. The highest BCUT2D eigenvalue weighted by molar-refractivity contribution is 5.91. The van der Waals surface area contributed by atoms with E-state index < -0.39 is 17.1 Å². The van der Waals surface area contributed by atoms with Crippen LogP contribution in [0.5, 0.6) is 5.75 Å². The minimum atomic E-state index is -0.614. The molecule has 1 saturated heterocycles. The summed E-state index contributed by atoms with van der Waals surface area (Å²) in [6.45, 7) is 8.68. The fourth-order valence-corrected chi connectivity index (χ4v) is 4.41. The Morgan fingerprint density at radius 1 is 1.41 bits per heavy atom. The molecule has 2 heterocycles. The predicted molar refractivity (Wildman–Crippen MR) is 108 cm³/mol. The Bertz CT molecular complexity index is 1100. The van der Waals surface area contributed by atoms with E-state index in [0.29, 0.717) is 25.2 Å². The van der Waals surface area contributed by atoms with Crippen molar-refractivity contribution in [2.75, 3.05) is 38.7 Å². The zero-order valence-corrected chi connectivity index (χ0v) is 16.5. The molecule has 0 spiro atoms. The van der Waals surface area contributed by atoms with Gasteiger partial charge in [-0.25, -0.2) is 15.8 Å². The molecule has 1 aromatic carbocycles. The van der Waals surface area contributed by atoms with Crippen LogP contribution in [0.25, 0.3) is 15.7 Å². The van der Waals surface area contributed by atoms with Gasteiger partial charge in [0, 0.05) is 25.0 Å². The van der Waals surface area contributed by atoms with Gasteiger partial charge in [-0.2, -0.15) is 0 Å². The molecule has 154 valence electrons. The number of aromatic nitrogens is 2. The lowest BCUT2D eigenvalue weighted by atomic mass is 9.99. The SMILES string of the molecule is [C-]#[N+]CC(NC)C1CCN(c2c(F)cc3c(=O)[nH]c(=O)n(C4CC4)c3c2OC)C1. The number of anilines is 1. The zero-order valence-electron chi connectivity index (χ0n) is 16.5. The number of rotatable bonds is 6. The molecule has 8 nitrogen and oxygen atoms in total. The molecule has 0 radical (unpaired) electrons. The van der Waals surface area contributed by atoms with Crippen LogP contribution in [0.4, 0.5) is 10.1 Å². The van der Waals surface area contributed by atoms with Crippen LogP contribution in [0.1, 0.15) is 25.3 Å². The number of benzene rings is 1. The van der Waals surface area contributed by atoms with Crippen LogP contribution in [0.3, 0.4) is 0 Å². The summed E-state index contributed by atoms with van der Waals surface area (Å²) in [5.74, 6) is -0.131. The summed E-state index contributed by atoms with van der Waals surface area (Å²) in [6, 6.07) is 1.22. The van der Waals surface area contributed by atoms with Crippen molar-refractivity contribution < 1.29 is 9.13 Å². The monoisotopic (exact) mass is 401 g/mol. The van der Waals surface area contributed by atoms with Crippen molar-refractivity contribution in [2.45, 2.75) is 31.3 Å². The van der Waals surface area contributed by atoms with E-state index in [1.807, 2.05) is 11.9 Å². The predicted octanol–water partition coefficient (Wildman–Crippen LogP) is 1.51. The third-order valence-corrected chi connectivity index (χ3v) is 5.99. The molecule has 2 atom stereocenters. The van der Waals surface area contributed by atoms with Gasteiger partial charge in [0.2, 0.25) is 6.54 Å². The molecule has 29 heavy (non-hydrogen) atoms. The van der Waals surface area contributed by atoms with Crippen LogP contribution < -0.4 is 26.2 Å². The summed E-state index contributed by atoms with van der Waals surface area (Å²) < 4.78 is 22.3. The maximum Gasteiger partial charge on any atom is 0.329 e. The fraction of sp³-hybridized carbons (Fsp3) is 0.550. The number of hydrogen-bond donors (Lipinski definition) is 2. The van der Waals surface area contributed by atoms with Crippen molar-refractivity contribution in [3.8, 4) is 5.75 Å². The average molecular weight is 401 g/mol. The number of fused-ring (bicyclic) bond motifs is 1. The summed E-state index contributed by atoms with van der Waals surface area (Å²) in [6.07, 6.45) is 2.48. The van der Waals surface area contributed by atoms with E-state index in [2.05, 4.69) is 15.1 Å². The second kappa shape index (κ2) is 7.52. The maximum absolute atomic E-state index is 15.2. The minimum Gasteiger partial charge on any atom is -0.492 e. The van der Waals surface area contributed by atoms with Crippen molar-refractivity contribution >= 4 is 16.6 Å². The quantitative estimate of drug-likeness (QED) is 0.717. The topological polar surface area (TPSA) is 83.7 Å². The van der Waals surface area contributed by atoms with Gasteiger partial charge in [0.15, 0.2) is 11.6 Å². The largest absolute Gasteiger partial charge is 0.492 e. The molecule has 2 aliphatic rings. The van der Waals surface area contributed by atoms with Crippen molar-refractivity contribution in [3.05, 3.63) is 44.1 Å². The first-order valence-electron chi connectivity index (χ1n) is 9.80. The van der Waals surface area contributed by atoms with Crippen molar-refractivity contribution in [3.63, 3.8) is 0 Å². The highest BCUT2D eigenvalue weighted by atomic mass is 19.1. The Morgan fingerprint density at radius 2 is 2.17 bits per heavy atom. The Labute approximate surface area is 167 Å². The smallest absolute Gasteiger partial charge is 0.329 e. The molecule has 0 amide bonds. The van der Waals surface area contributed by atoms with Crippen molar-refractivity contribution in [1.29, 1.82) is 0 Å². The number of aromatic amines is 1. The van der Waals surface area contributed by atoms with E-state index in [-0.39, 0.29) is 34.8 Å². The first kappa shape index (κ1) is 19.5. The molecular weight excluding hydrogens is 377 g/mol. The normalized spacial score (nSPS) is 20.1. The number of ether oxygens (including phenoxy) is 1. The zero-order chi connectivity index (χ0) is 20.7. The number of likely N-dealkylation sites (N-methyl/N-ethyl adjacent to an activating group) is 1.